The molecule has 0 heterocycles. The van der Waals surface area contributed by atoms with Crippen LogP contribution in [0.5, 0.6) is 11.5 Å². The van der Waals surface area contributed by atoms with Gasteiger partial charge in [0.1, 0.15) is 6.23 Å². The largest absolute Gasteiger partial charge is 0.493 e. The summed E-state index contributed by atoms with van der Waals surface area (Å²) >= 11 is 0. The fourth-order valence-electron chi connectivity index (χ4n) is 2.40. The van der Waals surface area contributed by atoms with E-state index in [9.17, 15) is 0 Å². The van der Waals surface area contributed by atoms with Gasteiger partial charge in [0.05, 0.1) is 7.11 Å². The summed E-state index contributed by atoms with van der Waals surface area (Å²) in [5, 5.41) is 0. The highest BCUT2D eigenvalue weighted by Gasteiger charge is 2.22. The minimum Gasteiger partial charge on any atom is -0.493 e. The highest BCUT2D eigenvalue weighted by atomic mass is 16.5. The molecule has 0 saturated carbocycles. The fraction of sp³-hybridized carbons (Fsp3) is 0.600. The molecule has 1 atom stereocenters. The number of hydrogen-bond acceptors (Lipinski definition) is 3. The van der Waals surface area contributed by atoms with Crippen LogP contribution in [-0.4, -0.2) is 30.3 Å². The molecular formula is C15H25NO2. The van der Waals surface area contributed by atoms with E-state index in [1.54, 1.807) is 7.11 Å². The van der Waals surface area contributed by atoms with Gasteiger partial charge in [0.2, 0.25) is 0 Å². The summed E-state index contributed by atoms with van der Waals surface area (Å²) in [6, 6.07) is 8.63. The second kappa shape index (κ2) is 6.64. The highest BCUT2D eigenvalue weighted by molar-refractivity contribution is 5.39. The van der Waals surface area contributed by atoms with Crippen LogP contribution >= 0.6 is 0 Å². The molecule has 0 aliphatic carbocycles. The first-order valence-electron chi connectivity index (χ1n) is 6.54. The van der Waals surface area contributed by atoms with E-state index in [1.807, 2.05) is 24.3 Å². The second-order valence-electron chi connectivity index (χ2n) is 5.00. The van der Waals surface area contributed by atoms with E-state index in [0.29, 0.717) is 12.1 Å². The van der Waals surface area contributed by atoms with E-state index >= 15 is 0 Å². The lowest BCUT2D eigenvalue weighted by Gasteiger charge is -2.36. The average Bonchev–Trinajstić information content (AvgIpc) is 2.28. The predicted molar refractivity (Wildman–Crippen MR) is 75.2 cm³/mol. The van der Waals surface area contributed by atoms with Crippen molar-refractivity contribution in [1.29, 1.82) is 0 Å². The van der Waals surface area contributed by atoms with Crippen molar-refractivity contribution >= 4 is 0 Å². The topological polar surface area (TPSA) is 21.7 Å². The summed E-state index contributed by atoms with van der Waals surface area (Å²) in [6.07, 6.45) is 0.0151. The van der Waals surface area contributed by atoms with Crippen LogP contribution in [0.3, 0.4) is 0 Å². The highest BCUT2D eigenvalue weighted by Crippen LogP contribution is 2.28. The molecule has 1 aromatic rings. The smallest absolute Gasteiger partial charge is 0.163 e. The quantitative estimate of drug-likeness (QED) is 0.722. The molecule has 1 unspecified atom stereocenters. The molecule has 0 amide bonds. The van der Waals surface area contributed by atoms with Crippen LogP contribution in [0.25, 0.3) is 0 Å². The zero-order chi connectivity index (χ0) is 13.7. The van der Waals surface area contributed by atoms with Crippen molar-refractivity contribution in [2.45, 2.75) is 52.9 Å². The van der Waals surface area contributed by atoms with E-state index in [1.165, 1.54) is 0 Å². The molecule has 0 saturated heterocycles. The number of benzene rings is 1. The van der Waals surface area contributed by atoms with Gasteiger partial charge in [-0.15, -0.1) is 0 Å². The Morgan fingerprint density at radius 2 is 1.39 bits per heavy atom. The Morgan fingerprint density at radius 3 is 1.83 bits per heavy atom. The summed E-state index contributed by atoms with van der Waals surface area (Å²) in [4.78, 5) is 2.33. The van der Waals surface area contributed by atoms with Gasteiger partial charge in [-0.25, -0.2) is 0 Å². The van der Waals surface area contributed by atoms with Crippen LogP contribution in [0, 0.1) is 0 Å². The van der Waals surface area contributed by atoms with E-state index < -0.39 is 0 Å². The van der Waals surface area contributed by atoms with Crippen molar-refractivity contribution in [2.24, 2.45) is 0 Å². The van der Waals surface area contributed by atoms with Crippen LogP contribution in [0.15, 0.2) is 24.3 Å². The Hall–Kier alpha value is -1.22. The summed E-state index contributed by atoms with van der Waals surface area (Å²) in [5.74, 6) is 1.57. The summed E-state index contributed by atoms with van der Waals surface area (Å²) < 4.78 is 11.3. The van der Waals surface area contributed by atoms with Crippen molar-refractivity contribution in [3.8, 4) is 11.5 Å². The van der Waals surface area contributed by atoms with Crippen LogP contribution in [0.4, 0.5) is 0 Å². The standard InChI is InChI=1S/C15H25NO2/c1-11(2)16(12(3)4)13(5)18-15-10-8-7-9-14(15)17-6/h7-13H,1-6H3. The van der Waals surface area contributed by atoms with Gasteiger partial charge in [-0.1, -0.05) is 12.1 Å². The van der Waals surface area contributed by atoms with Crippen LogP contribution in [0.1, 0.15) is 34.6 Å². The normalized spacial score (nSPS) is 13.2. The Morgan fingerprint density at radius 1 is 0.889 bits per heavy atom. The van der Waals surface area contributed by atoms with Gasteiger partial charge in [0, 0.05) is 12.1 Å². The number of hydrogen-bond donors (Lipinski definition) is 0. The molecule has 0 aromatic heterocycles. The Kier molecular flexibility index (Phi) is 5.48. The van der Waals surface area contributed by atoms with Gasteiger partial charge in [-0.3, -0.25) is 4.90 Å². The van der Waals surface area contributed by atoms with Crippen molar-refractivity contribution in [3.05, 3.63) is 24.3 Å². The van der Waals surface area contributed by atoms with Gasteiger partial charge >= 0.3 is 0 Å². The lowest BCUT2D eigenvalue weighted by molar-refractivity contribution is -0.00694. The van der Waals surface area contributed by atoms with Crippen LogP contribution in [-0.2, 0) is 0 Å². The first-order valence-corrected chi connectivity index (χ1v) is 6.54. The summed E-state index contributed by atoms with van der Waals surface area (Å²) in [7, 11) is 1.66. The molecule has 0 bridgehead atoms. The monoisotopic (exact) mass is 251 g/mol. The first-order chi connectivity index (χ1) is 8.47. The maximum atomic E-state index is 6.02. The molecule has 0 aliphatic rings. The zero-order valence-corrected chi connectivity index (χ0v) is 12.3. The van der Waals surface area contributed by atoms with Crippen molar-refractivity contribution in [1.82, 2.24) is 4.90 Å². The van der Waals surface area contributed by atoms with Crippen molar-refractivity contribution < 1.29 is 9.47 Å². The lowest BCUT2D eigenvalue weighted by Crippen LogP contribution is -2.46. The zero-order valence-electron chi connectivity index (χ0n) is 12.3. The molecule has 1 aromatic carbocycles. The Balaban J connectivity index is 2.82. The summed E-state index contributed by atoms with van der Waals surface area (Å²) in [6.45, 7) is 10.8. The number of ether oxygens (including phenoxy) is 2. The third kappa shape index (κ3) is 3.64. The van der Waals surface area contributed by atoms with Gasteiger partial charge in [-0.2, -0.15) is 0 Å². The average molecular weight is 251 g/mol. The Bertz CT molecular complexity index is 355. The maximum absolute atomic E-state index is 6.02. The SMILES string of the molecule is COc1ccccc1OC(C)N(C(C)C)C(C)C. The predicted octanol–water partition coefficient (Wildman–Crippen LogP) is 3.54. The molecule has 3 nitrogen and oxygen atoms in total. The molecule has 1 rings (SSSR count). The summed E-state index contributed by atoms with van der Waals surface area (Å²) in [5.41, 5.74) is 0. The molecule has 0 aliphatic heterocycles. The molecule has 0 radical (unpaired) electrons. The third-order valence-corrected chi connectivity index (χ3v) is 2.98. The van der Waals surface area contributed by atoms with E-state index in [2.05, 4.69) is 39.5 Å². The van der Waals surface area contributed by atoms with E-state index in [0.717, 1.165) is 11.5 Å². The minimum absolute atomic E-state index is 0.0151. The fourth-order valence-corrected chi connectivity index (χ4v) is 2.40. The number of rotatable bonds is 6. The molecule has 0 N–H and O–H groups in total. The van der Waals surface area contributed by atoms with Gasteiger partial charge < -0.3 is 9.47 Å². The lowest BCUT2D eigenvalue weighted by atomic mass is 10.2. The van der Waals surface area contributed by atoms with Crippen LogP contribution in [0.2, 0.25) is 0 Å². The van der Waals surface area contributed by atoms with E-state index in [4.69, 9.17) is 9.47 Å². The molecule has 18 heavy (non-hydrogen) atoms. The van der Waals surface area contributed by atoms with E-state index in [-0.39, 0.29) is 6.23 Å². The van der Waals surface area contributed by atoms with Gasteiger partial charge in [-0.05, 0) is 46.8 Å². The first kappa shape index (κ1) is 14.8. The van der Waals surface area contributed by atoms with Gasteiger partial charge in [0.15, 0.2) is 11.5 Å². The number of para-hydroxylation sites is 2. The maximum Gasteiger partial charge on any atom is 0.163 e. The van der Waals surface area contributed by atoms with Crippen molar-refractivity contribution in [3.63, 3.8) is 0 Å². The third-order valence-electron chi connectivity index (χ3n) is 2.98. The Labute approximate surface area is 111 Å². The molecule has 102 valence electrons. The molecule has 0 spiro atoms. The van der Waals surface area contributed by atoms with Gasteiger partial charge in [0.25, 0.3) is 0 Å². The number of nitrogens with zero attached hydrogens (tertiary/aromatic N) is 1. The van der Waals surface area contributed by atoms with Crippen LogP contribution < -0.4 is 9.47 Å². The number of methoxy groups -OCH3 is 1. The molecular weight excluding hydrogens is 226 g/mol. The minimum atomic E-state index is 0.0151. The van der Waals surface area contributed by atoms with Crippen molar-refractivity contribution in [2.75, 3.05) is 7.11 Å². The molecule has 0 fully saturated rings. The molecule has 3 heteroatoms. The second-order valence-corrected chi connectivity index (χ2v) is 5.00.